The molecule has 0 atom stereocenters. The van der Waals surface area contributed by atoms with Gasteiger partial charge in [0, 0.05) is 0 Å². The number of amides is 2. The van der Waals surface area contributed by atoms with Crippen LogP contribution in [0.5, 0.6) is 5.75 Å². The molecule has 7 nitrogen and oxygen atoms in total. The van der Waals surface area contributed by atoms with E-state index in [0.29, 0.717) is 11.4 Å². The van der Waals surface area contributed by atoms with Crippen molar-refractivity contribution in [2.24, 2.45) is 0 Å². The summed E-state index contributed by atoms with van der Waals surface area (Å²) in [6.45, 7) is -0.395. The van der Waals surface area contributed by atoms with Crippen molar-refractivity contribution < 1.29 is 23.9 Å². The molecular formula is C18H16N2O5. The number of benzene rings is 2. The zero-order valence-electron chi connectivity index (χ0n) is 13.5. The average molecular weight is 340 g/mol. The number of carbonyl (C=O) groups excluding carboxylic acids is 3. The number of anilines is 2. The standard InChI is InChI=1S/C18H16N2O5/c1-24-18(23)12-6-2-5-9-15(12)25-11-17(22)20-10-16(21)19-13-7-3-4-8-14(13)20/h2-9H,10-11H2,1H3,(H,19,21). The van der Waals surface area contributed by atoms with Gasteiger partial charge in [-0.05, 0) is 24.3 Å². The van der Waals surface area contributed by atoms with E-state index in [1.165, 1.54) is 12.0 Å². The van der Waals surface area contributed by atoms with Crippen molar-refractivity contribution in [1.29, 1.82) is 0 Å². The van der Waals surface area contributed by atoms with E-state index in [9.17, 15) is 14.4 Å². The van der Waals surface area contributed by atoms with Crippen molar-refractivity contribution in [1.82, 2.24) is 0 Å². The number of para-hydroxylation sites is 3. The van der Waals surface area contributed by atoms with Crippen LogP contribution in [0.3, 0.4) is 0 Å². The van der Waals surface area contributed by atoms with Crippen molar-refractivity contribution in [3.8, 4) is 5.75 Å². The van der Waals surface area contributed by atoms with Crippen LogP contribution in [0.2, 0.25) is 0 Å². The summed E-state index contributed by atoms with van der Waals surface area (Å²) in [6, 6.07) is 13.5. The highest BCUT2D eigenvalue weighted by molar-refractivity contribution is 6.10. The van der Waals surface area contributed by atoms with Crippen LogP contribution in [0.1, 0.15) is 10.4 Å². The Balaban J connectivity index is 1.76. The number of rotatable bonds is 4. The van der Waals surface area contributed by atoms with Gasteiger partial charge in [-0.3, -0.25) is 14.5 Å². The van der Waals surface area contributed by atoms with E-state index >= 15 is 0 Å². The molecule has 0 fully saturated rings. The number of esters is 1. The minimum absolute atomic E-state index is 0.0855. The lowest BCUT2D eigenvalue weighted by Gasteiger charge is -2.29. The fraction of sp³-hybridized carbons (Fsp3) is 0.167. The Morgan fingerprint density at radius 1 is 1.12 bits per heavy atom. The first-order chi connectivity index (χ1) is 12.1. The highest BCUT2D eigenvalue weighted by atomic mass is 16.5. The molecule has 0 aliphatic carbocycles. The molecule has 1 heterocycles. The summed E-state index contributed by atoms with van der Waals surface area (Å²) in [5.41, 5.74) is 1.41. The largest absolute Gasteiger partial charge is 0.483 e. The van der Waals surface area contributed by atoms with Gasteiger partial charge in [-0.2, -0.15) is 0 Å². The molecule has 7 heteroatoms. The Morgan fingerprint density at radius 2 is 1.84 bits per heavy atom. The van der Waals surface area contributed by atoms with Gasteiger partial charge in [0.1, 0.15) is 17.9 Å². The van der Waals surface area contributed by atoms with E-state index < -0.39 is 5.97 Å². The molecule has 2 amide bonds. The first-order valence-corrected chi connectivity index (χ1v) is 7.59. The molecule has 25 heavy (non-hydrogen) atoms. The van der Waals surface area contributed by atoms with Gasteiger partial charge in [0.25, 0.3) is 5.91 Å². The third-order valence-electron chi connectivity index (χ3n) is 3.72. The molecule has 0 saturated carbocycles. The second-order valence-electron chi connectivity index (χ2n) is 5.32. The Morgan fingerprint density at radius 3 is 2.64 bits per heavy atom. The summed E-state index contributed by atoms with van der Waals surface area (Å²) in [5.74, 6) is -0.966. The Kier molecular flexibility index (Phi) is 4.65. The summed E-state index contributed by atoms with van der Waals surface area (Å²) in [4.78, 5) is 37.4. The maximum absolute atomic E-state index is 12.5. The van der Waals surface area contributed by atoms with E-state index in [4.69, 9.17) is 9.47 Å². The molecule has 128 valence electrons. The number of nitrogens with one attached hydrogen (secondary N) is 1. The Labute approximate surface area is 144 Å². The predicted octanol–water partition coefficient (Wildman–Crippen LogP) is 1.84. The summed E-state index contributed by atoms with van der Waals surface area (Å²) >= 11 is 0. The smallest absolute Gasteiger partial charge is 0.341 e. The van der Waals surface area contributed by atoms with E-state index in [1.807, 2.05) is 0 Å². The molecule has 0 unspecified atom stereocenters. The van der Waals surface area contributed by atoms with Gasteiger partial charge in [-0.15, -0.1) is 0 Å². The van der Waals surface area contributed by atoms with Crippen LogP contribution in [0.4, 0.5) is 11.4 Å². The fourth-order valence-electron chi connectivity index (χ4n) is 2.54. The number of methoxy groups -OCH3 is 1. The summed E-state index contributed by atoms with van der Waals surface area (Å²) in [6.07, 6.45) is 0. The van der Waals surface area contributed by atoms with Gasteiger partial charge >= 0.3 is 5.97 Å². The normalized spacial score (nSPS) is 12.8. The predicted molar refractivity (Wildman–Crippen MR) is 90.7 cm³/mol. The van der Waals surface area contributed by atoms with Gasteiger partial charge in [0.15, 0.2) is 6.61 Å². The second-order valence-corrected chi connectivity index (χ2v) is 5.32. The lowest BCUT2D eigenvalue weighted by molar-refractivity contribution is -0.123. The zero-order valence-corrected chi connectivity index (χ0v) is 13.5. The molecule has 0 spiro atoms. The lowest BCUT2D eigenvalue weighted by atomic mass is 10.2. The molecule has 0 aromatic heterocycles. The molecule has 0 saturated heterocycles. The molecule has 1 N–H and O–H groups in total. The topological polar surface area (TPSA) is 84.9 Å². The number of fused-ring (bicyclic) bond motifs is 1. The highest BCUT2D eigenvalue weighted by Gasteiger charge is 2.27. The Bertz CT molecular complexity index is 834. The number of carbonyl (C=O) groups is 3. The summed E-state index contributed by atoms with van der Waals surface area (Å²) < 4.78 is 10.2. The lowest BCUT2D eigenvalue weighted by Crippen LogP contribution is -2.44. The van der Waals surface area contributed by atoms with Gasteiger partial charge in [0.05, 0.1) is 18.5 Å². The monoisotopic (exact) mass is 340 g/mol. The maximum Gasteiger partial charge on any atom is 0.341 e. The molecule has 2 aromatic carbocycles. The third-order valence-corrected chi connectivity index (χ3v) is 3.72. The van der Waals surface area contributed by atoms with E-state index in [1.54, 1.807) is 48.5 Å². The first-order valence-electron chi connectivity index (χ1n) is 7.59. The Hall–Kier alpha value is -3.35. The highest BCUT2D eigenvalue weighted by Crippen LogP contribution is 2.29. The zero-order chi connectivity index (χ0) is 17.8. The van der Waals surface area contributed by atoms with Crippen LogP contribution in [0.15, 0.2) is 48.5 Å². The van der Waals surface area contributed by atoms with Crippen molar-refractivity contribution >= 4 is 29.2 Å². The molecule has 2 aromatic rings. The molecule has 1 aliphatic heterocycles. The summed E-state index contributed by atoms with van der Waals surface area (Å²) in [5, 5.41) is 2.72. The van der Waals surface area contributed by atoms with Gasteiger partial charge in [0.2, 0.25) is 5.91 Å². The van der Waals surface area contributed by atoms with Crippen molar-refractivity contribution in [3.63, 3.8) is 0 Å². The molecular weight excluding hydrogens is 324 g/mol. The van der Waals surface area contributed by atoms with Crippen LogP contribution in [-0.4, -0.2) is 38.0 Å². The number of ether oxygens (including phenoxy) is 2. The van der Waals surface area contributed by atoms with E-state index in [0.717, 1.165) is 0 Å². The van der Waals surface area contributed by atoms with E-state index in [2.05, 4.69) is 5.32 Å². The van der Waals surface area contributed by atoms with Crippen LogP contribution in [0, 0.1) is 0 Å². The minimum Gasteiger partial charge on any atom is -0.483 e. The van der Waals surface area contributed by atoms with Gasteiger partial charge in [-0.25, -0.2) is 4.79 Å². The fourth-order valence-corrected chi connectivity index (χ4v) is 2.54. The molecule has 1 aliphatic rings. The summed E-state index contributed by atoms with van der Waals surface area (Å²) in [7, 11) is 1.27. The van der Waals surface area contributed by atoms with Crippen molar-refractivity contribution in [3.05, 3.63) is 54.1 Å². The molecule has 0 radical (unpaired) electrons. The van der Waals surface area contributed by atoms with Crippen molar-refractivity contribution in [2.75, 3.05) is 30.5 Å². The van der Waals surface area contributed by atoms with Crippen LogP contribution in [-0.2, 0) is 14.3 Å². The third kappa shape index (κ3) is 3.45. The quantitative estimate of drug-likeness (QED) is 0.859. The van der Waals surface area contributed by atoms with E-state index in [-0.39, 0.29) is 36.3 Å². The number of hydrogen-bond donors (Lipinski definition) is 1. The number of hydrogen-bond acceptors (Lipinski definition) is 5. The minimum atomic E-state index is -0.550. The molecule has 0 bridgehead atoms. The van der Waals surface area contributed by atoms with Crippen LogP contribution < -0.4 is 15.0 Å². The maximum atomic E-state index is 12.5. The first kappa shape index (κ1) is 16.5. The SMILES string of the molecule is COC(=O)c1ccccc1OCC(=O)N1CC(=O)Nc2ccccc21. The van der Waals surface area contributed by atoms with Crippen LogP contribution in [0.25, 0.3) is 0 Å². The van der Waals surface area contributed by atoms with Gasteiger partial charge < -0.3 is 14.8 Å². The van der Waals surface area contributed by atoms with Gasteiger partial charge in [-0.1, -0.05) is 24.3 Å². The molecule has 3 rings (SSSR count). The second kappa shape index (κ2) is 7.04. The number of nitrogens with zero attached hydrogens (tertiary/aromatic N) is 1. The van der Waals surface area contributed by atoms with Crippen LogP contribution >= 0.6 is 0 Å². The van der Waals surface area contributed by atoms with Crippen molar-refractivity contribution in [2.45, 2.75) is 0 Å². The average Bonchev–Trinajstić information content (AvgIpc) is 2.65.